The number of unbranched alkanes of at least 4 members (excludes halogenated alkanes) is 39. The van der Waals surface area contributed by atoms with Crippen molar-refractivity contribution in [1.29, 1.82) is 0 Å². The number of hydrogen-bond donors (Lipinski definition) is 1. The van der Waals surface area contributed by atoms with Crippen LogP contribution in [0.4, 0.5) is 0 Å². The van der Waals surface area contributed by atoms with E-state index in [1.54, 1.807) is 6.92 Å². The molecule has 0 aliphatic heterocycles. The number of carbonyl (C=O) groups is 2. The predicted molar refractivity (Wildman–Crippen MR) is 258 cm³/mol. The summed E-state index contributed by atoms with van der Waals surface area (Å²) in [6.07, 6.45) is 53.2. The Labute approximate surface area is 378 Å². The highest BCUT2D eigenvalue weighted by atomic mass is 31.2. The molecule has 0 aliphatic carbocycles. The molecule has 0 saturated carbocycles. The molecule has 8 nitrogen and oxygen atoms in total. The Bertz CT molecular complexity index is 962. The largest absolute Gasteiger partial charge is 0.472 e. The summed E-state index contributed by atoms with van der Waals surface area (Å²) in [7, 11) is -4.28. The molecule has 0 heterocycles. The molecular weight excluding hydrogens is 784 g/mol. The van der Waals surface area contributed by atoms with Crippen molar-refractivity contribution >= 4 is 19.8 Å². The van der Waals surface area contributed by atoms with Crippen LogP contribution >= 0.6 is 7.82 Å². The molecule has 0 aromatic rings. The summed E-state index contributed by atoms with van der Waals surface area (Å²) in [6, 6.07) is 0. The third kappa shape index (κ3) is 48.3. The molecule has 0 fully saturated rings. The van der Waals surface area contributed by atoms with Crippen molar-refractivity contribution in [3.05, 3.63) is 0 Å². The van der Waals surface area contributed by atoms with Crippen LogP contribution in [0.25, 0.3) is 0 Å². The van der Waals surface area contributed by atoms with Crippen molar-refractivity contribution in [3.63, 3.8) is 0 Å². The first kappa shape index (κ1) is 60.1. The van der Waals surface area contributed by atoms with E-state index in [-0.39, 0.29) is 32.2 Å². The Balaban J connectivity index is 3.89. The van der Waals surface area contributed by atoms with E-state index in [1.165, 1.54) is 225 Å². The normalized spacial score (nSPS) is 13.0. The first-order valence-electron chi connectivity index (χ1n) is 26.8. The summed E-state index contributed by atoms with van der Waals surface area (Å²) >= 11 is 0. The van der Waals surface area contributed by atoms with E-state index in [2.05, 4.69) is 13.8 Å². The molecular formula is C52H103O8P. The van der Waals surface area contributed by atoms with Crippen molar-refractivity contribution in [2.75, 3.05) is 19.8 Å². The lowest BCUT2D eigenvalue weighted by atomic mass is 10.0. The minimum atomic E-state index is -4.28. The Morgan fingerprint density at radius 1 is 0.377 bits per heavy atom. The van der Waals surface area contributed by atoms with Gasteiger partial charge in [-0.3, -0.25) is 18.6 Å². The SMILES string of the molecule is CCCCCCCCCCCCCCCCCCCCCCCCC(=O)OC(COC(=O)CCCCCCCCCCCCCCCCCCCCC)COP(=O)(O)OCC. The molecule has 2 atom stereocenters. The van der Waals surface area contributed by atoms with Crippen molar-refractivity contribution in [2.45, 2.75) is 303 Å². The smallest absolute Gasteiger partial charge is 0.462 e. The Kier molecular flexibility index (Phi) is 47.7. The molecule has 2 unspecified atom stereocenters. The van der Waals surface area contributed by atoms with E-state index in [9.17, 15) is 19.0 Å². The molecule has 364 valence electrons. The third-order valence-corrected chi connectivity index (χ3v) is 13.2. The number of hydrogen-bond acceptors (Lipinski definition) is 7. The molecule has 9 heteroatoms. The van der Waals surface area contributed by atoms with E-state index in [0.717, 1.165) is 38.5 Å². The van der Waals surface area contributed by atoms with E-state index < -0.39 is 19.9 Å². The average Bonchev–Trinajstić information content (AvgIpc) is 3.24. The van der Waals surface area contributed by atoms with Crippen molar-refractivity contribution in [3.8, 4) is 0 Å². The predicted octanol–water partition coefficient (Wildman–Crippen LogP) is 17.4. The molecule has 0 spiro atoms. The highest BCUT2D eigenvalue weighted by molar-refractivity contribution is 7.47. The molecule has 61 heavy (non-hydrogen) atoms. The Hall–Kier alpha value is -0.950. The van der Waals surface area contributed by atoms with Gasteiger partial charge in [-0.15, -0.1) is 0 Å². The maximum Gasteiger partial charge on any atom is 0.472 e. The van der Waals surface area contributed by atoms with Gasteiger partial charge in [0.25, 0.3) is 0 Å². The first-order chi connectivity index (χ1) is 29.8. The molecule has 0 amide bonds. The van der Waals surface area contributed by atoms with Crippen LogP contribution in [-0.4, -0.2) is 42.8 Å². The lowest BCUT2D eigenvalue weighted by Gasteiger charge is -2.19. The summed E-state index contributed by atoms with van der Waals surface area (Å²) in [4.78, 5) is 35.0. The fraction of sp³-hybridized carbons (Fsp3) is 0.962. The van der Waals surface area contributed by atoms with Crippen LogP contribution < -0.4 is 0 Å². The second-order valence-electron chi connectivity index (χ2n) is 18.3. The first-order valence-corrected chi connectivity index (χ1v) is 28.3. The minimum Gasteiger partial charge on any atom is -0.462 e. The van der Waals surface area contributed by atoms with Gasteiger partial charge in [-0.1, -0.05) is 264 Å². The Morgan fingerprint density at radius 3 is 0.918 bits per heavy atom. The highest BCUT2D eigenvalue weighted by Gasteiger charge is 2.25. The van der Waals surface area contributed by atoms with Gasteiger partial charge >= 0.3 is 19.8 Å². The topological polar surface area (TPSA) is 108 Å². The van der Waals surface area contributed by atoms with Gasteiger partial charge in [0.1, 0.15) is 6.61 Å². The molecule has 0 aromatic carbocycles. The van der Waals surface area contributed by atoms with E-state index in [0.29, 0.717) is 6.42 Å². The van der Waals surface area contributed by atoms with Gasteiger partial charge in [0.15, 0.2) is 6.10 Å². The zero-order chi connectivity index (χ0) is 44.6. The molecule has 1 N–H and O–H groups in total. The summed E-state index contributed by atoms with van der Waals surface area (Å²) < 4.78 is 32.8. The number of esters is 2. The van der Waals surface area contributed by atoms with Gasteiger partial charge in [-0.05, 0) is 19.8 Å². The summed E-state index contributed by atoms with van der Waals surface area (Å²) in [5, 5.41) is 0. The monoisotopic (exact) mass is 887 g/mol. The van der Waals surface area contributed by atoms with Gasteiger partial charge in [-0.2, -0.15) is 0 Å². The van der Waals surface area contributed by atoms with E-state index in [1.807, 2.05) is 0 Å². The standard InChI is InChI=1S/C52H103O8P/c1-4-7-9-11-13-15-17-19-21-23-25-26-27-29-31-33-35-37-39-41-43-45-47-52(54)60-50(49-59-61(55,56)58-6-3)48-57-51(53)46-44-42-40-38-36-34-32-30-28-24-22-20-18-16-14-12-10-8-5-2/h50H,4-49H2,1-3H3,(H,55,56). The molecule has 0 bridgehead atoms. The molecule has 0 saturated heterocycles. The summed E-state index contributed by atoms with van der Waals surface area (Å²) in [6.45, 7) is 5.56. The summed E-state index contributed by atoms with van der Waals surface area (Å²) in [5.74, 6) is -0.773. The molecule has 0 aromatic heterocycles. The number of carbonyl (C=O) groups excluding carboxylic acids is 2. The van der Waals surface area contributed by atoms with E-state index in [4.69, 9.17) is 18.5 Å². The molecule has 0 radical (unpaired) electrons. The highest BCUT2D eigenvalue weighted by Crippen LogP contribution is 2.43. The molecule has 0 rings (SSSR count). The van der Waals surface area contributed by atoms with Crippen molar-refractivity contribution in [1.82, 2.24) is 0 Å². The van der Waals surface area contributed by atoms with Crippen LogP contribution in [0.3, 0.4) is 0 Å². The number of rotatable bonds is 51. The van der Waals surface area contributed by atoms with Crippen LogP contribution in [-0.2, 0) is 32.7 Å². The quantitative estimate of drug-likeness (QED) is 0.0365. The number of ether oxygens (including phenoxy) is 2. The maximum atomic E-state index is 12.6. The van der Waals surface area contributed by atoms with Crippen LogP contribution in [0.5, 0.6) is 0 Å². The van der Waals surface area contributed by atoms with E-state index >= 15 is 0 Å². The van der Waals surface area contributed by atoms with Gasteiger partial charge in [0.05, 0.1) is 13.2 Å². The molecule has 0 aliphatic rings. The zero-order valence-electron chi connectivity index (χ0n) is 40.9. The third-order valence-electron chi connectivity index (χ3n) is 12.2. The maximum absolute atomic E-state index is 12.6. The van der Waals surface area contributed by atoms with Crippen LogP contribution in [0, 0.1) is 0 Å². The summed E-state index contributed by atoms with van der Waals surface area (Å²) in [5.41, 5.74) is 0. The second-order valence-corrected chi connectivity index (χ2v) is 19.7. The fourth-order valence-electron chi connectivity index (χ4n) is 8.22. The second kappa shape index (κ2) is 48.5. The lowest BCUT2D eigenvalue weighted by Crippen LogP contribution is -2.29. The lowest BCUT2D eigenvalue weighted by molar-refractivity contribution is -0.161. The van der Waals surface area contributed by atoms with Gasteiger partial charge in [-0.25, -0.2) is 4.57 Å². The number of phosphoric ester groups is 1. The van der Waals surface area contributed by atoms with Gasteiger partial charge in [0.2, 0.25) is 0 Å². The average molecular weight is 887 g/mol. The van der Waals surface area contributed by atoms with Gasteiger partial charge in [0, 0.05) is 12.8 Å². The van der Waals surface area contributed by atoms with Crippen molar-refractivity contribution < 1.29 is 37.6 Å². The van der Waals surface area contributed by atoms with Crippen molar-refractivity contribution in [2.24, 2.45) is 0 Å². The van der Waals surface area contributed by atoms with Crippen LogP contribution in [0.1, 0.15) is 297 Å². The number of phosphoric acid groups is 1. The Morgan fingerprint density at radius 2 is 0.639 bits per heavy atom. The van der Waals surface area contributed by atoms with Crippen LogP contribution in [0.2, 0.25) is 0 Å². The van der Waals surface area contributed by atoms with Crippen LogP contribution in [0.15, 0.2) is 0 Å². The minimum absolute atomic E-state index is 0.00612. The van der Waals surface area contributed by atoms with Gasteiger partial charge < -0.3 is 14.4 Å². The zero-order valence-corrected chi connectivity index (χ0v) is 41.8. The fourth-order valence-corrected chi connectivity index (χ4v) is 8.98.